The highest BCUT2D eigenvalue weighted by atomic mass is 35.5. The molecule has 1 heterocycles. The number of hydrogen-bond donors (Lipinski definition) is 2. The molecule has 0 unspecified atom stereocenters. The van der Waals surface area contributed by atoms with Crippen LogP contribution in [0.5, 0.6) is 0 Å². The first-order valence-corrected chi connectivity index (χ1v) is 8.66. The second kappa shape index (κ2) is 6.05. The van der Waals surface area contributed by atoms with Crippen molar-refractivity contribution in [3.8, 4) is 0 Å². The molecule has 2 aliphatic rings. The van der Waals surface area contributed by atoms with E-state index in [1.165, 1.54) is 4.90 Å². The summed E-state index contributed by atoms with van der Waals surface area (Å²) in [5, 5.41) is 12.9. The van der Waals surface area contributed by atoms with E-state index in [1.807, 2.05) is 13.8 Å². The molecular weight excluding hydrogens is 328 g/mol. The van der Waals surface area contributed by atoms with Gasteiger partial charge in [0.2, 0.25) is 11.8 Å². The van der Waals surface area contributed by atoms with E-state index < -0.39 is 5.41 Å². The molecule has 2 amide bonds. The van der Waals surface area contributed by atoms with Crippen molar-refractivity contribution in [3.63, 3.8) is 0 Å². The number of halogens is 1. The van der Waals surface area contributed by atoms with Crippen LogP contribution in [0.2, 0.25) is 5.02 Å². The number of aliphatic hydroxyl groups is 1. The number of carbonyl (C=O) groups is 2. The van der Waals surface area contributed by atoms with Crippen molar-refractivity contribution in [1.82, 2.24) is 5.32 Å². The van der Waals surface area contributed by atoms with Gasteiger partial charge in [-0.05, 0) is 50.5 Å². The fraction of sp³-hybridized carbons (Fsp3) is 0.556. The molecule has 0 spiro atoms. The zero-order valence-corrected chi connectivity index (χ0v) is 14.8. The van der Waals surface area contributed by atoms with Crippen molar-refractivity contribution < 1.29 is 14.7 Å². The smallest absolute Gasteiger partial charge is 0.240 e. The maximum atomic E-state index is 12.7. The van der Waals surface area contributed by atoms with E-state index in [0.717, 1.165) is 30.5 Å². The Hall–Kier alpha value is -1.59. The van der Waals surface area contributed by atoms with E-state index >= 15 is 0 Å². The topological polar surface area (TPSA) is 69.6 Å². The van der Waals surface area contributed by atoms with E-state index in [0.29, 0.717) is 11.6 Å². The molecule has 5 nitrogen and oxygen atoms in total. The van der Waals surface area contributed by atoms with Crippen LogP contribution < -0.4 is 10.2 Å². The van der Waals surface area contributed by atoms with Crippen LogP contribution in [0.15, 0.2) is 18.2 Å². The number of fused-ring (bicyclic) bond motifs is 1. The van der Waals surface area contributed by atoms with Gasteiger partial charge in [-0.2, -0.15) is 0 Å². The molecule has 0 aromatic heterocycles. The number of aliphatic hydroxyl groups excluding tert-OH is 1. The zero-order valence-electron chi connectivity index (χ0n) is 14.1. The highest BCUT2D eigenvalue weighted by Crippen LogP contribution is 2.42. The summed E-state index contributed by atoms with van der Waals surface area (Å²) in [6, 6.07) is 5.32. The molecular formula is C18H23ClN2O3. The van der Waals surface area contributed by atoms with Crippen molar-refractivity contribution >= 4 is 29.1 Å². The van der Waals surface area contributed by atoms with E-state index in [4.69, 9.17) is 11.6 Å². The summed E-state index contributed by atoms with van der Waals surface area (Å²) < 4.78 is 0. The number of anilines is 1. The van der Waals surface area contributed by atoms with Crippen LogP contribution in [0.25, 0.3) is 0 Å². The van der Waals surface area contributed by atoms with Gasteiger partial charge in [0.1, 0.15) is 6.54 Å². The lowest BCUT2D eigenvalue weighted by Crippen LogP contribution is -2.48. The molecule has 0 saturated heterocycles. The minimum absolute atomic E-state index is 0.0155. The molecule has 2 N–H and O–H groups in total. The second-order valence-corrected chi connectivity index (χ2v) is 7.90. The average Bonchev–Trinajstić information content (AvgIpc) is 2.68. The summed E-state index contributed by atoms with van der Waals surface area (Å²) in [5.41, 5.74) is 0.722. The quantitative estimate of drug-likeness (QED) is 0.855. The average molecular weight is 351 g/mol. The Balaban J connectivity index is 1.71. The predicted molar refractivity (Wildman–Crippen MR) is 93.2 cm³/mol. The maximum Gasteiger partial charge on any atom is 0.240 e. The van der Waals surface area contributed by atoms with Crippen molar-refractivity contribution in [3.05, 3.63) is 28.8 Å². The summed E-state index contributed by atoms with van der Waals surface area (Å²) in [6.45, 7) is 4.22. The molecule has 130 valence electrons. The highest BCUT2D eigenvalue weighted by molar-refractivity contribution is 6.31. The molecule has 1 aromatic rings. The second-order valence-electron chi connectivity index (χ2n) is 7.47. The Morgan fingerprint density at radius 1 is 1.38 bits per heavy atom. The van der Waals surface area contributed by atoms with Gasteiger partial charge >= 0.3 is 0 Å². The summed E-state index contributed by atoms with van der Waals surface area (Å²) >= 11 is 6.06. The van der Waals surface area contributed by atoms with Crippen LogP contribution in [-0.4, -0.2) is 36.6 Å². The van der Waals surface area contributed by atoms with Gasteiger partial charge in [0, 0.05) is 22.7 Å². The monoisotopic (exact) mass is 350 g/mol. The van der Waals surface area contributed by atoms with Crippen molar-refractivity contribution in [1.29, 1.82) is 0 Å². The summed E-state index contributed by atoms with van der Waals surface area (Å²) in [6.07, 6.45) is 2.95. The maximum absolute atomic E-state index is 12.7. The third kappa shape index (κ3) is 2.80. The van der Waals surface area contributed by atoms with Crippen LogP contribution in [0.3, 0.4) is 0 Å². The van der Waals surface area contributed by atoms with E-state index in [9.17, 15) is 14.7 Å². The van der Waals surface area contributed by atoms with Gasteiger partial charge in [0.25, 0.3) is 0 Å². The predicted octanol–water partition coefficient (Wildman–Crippen LogP) is 2.24. The van der Waals surface area contributed by atoms with Crippen LogP contribution in [-0.2, 0) is 15.0 Å². The lowest BCUT2D eigenvalue weighted by Gasteiger charge is -2.40. The molecule has 1 aliphatic carbocycles. The zero-order chi connectivity index (χ0) is 17.5. The minimum Gasteiger partial charge on any atom is -0.396 e. The van der Waals surface area contributed by atoms with Gasteiger partial charge in [-0.15, -0.1) is 0 Å². The number of benzene rings is 1. The number of hydrogen-bond acceptors (Lipinski definition) is 3. The fourth-order valence-corrected chi connectivity index (χ4v) is 3.69. The van der Waals surface area contributed by atoms with E-state index in [-0.39, 0.29) is 30.4 Å². The van der Waals surface area contributed by atoms with Crippen molar-refractivity contribution in [2.75, 3.05) is 24.6 Å². The molecule has 0 bridgehead atoms. The van der Waals surface area contributed by atoms with Gasteiger partial charge in [-0.25, -0.2) is 0 Å². The van der Waals surface area contributed by atoms with Gasteiger partial charge in [0.05, 0.1) is 12.0 Å². The first kappa shape index (κ1) is 17.2. The molecule has 1 fully saturated rings. The first-order chi connectivity index (χ1) is 11.3. The number of carbonyl (C=O) groups excluding carboxylic acids is 2. The Morgan fingerprint density at radius 3 is 2.67 bits per heavy atom. The van der Waals surface area contributed by atoms with Crippen LogP contribution in [0.1, 0.15) is 38.7 Å². The fourth-order valence-electron chi connectivity index (χ4n) is 3.52. The highest BCUT2D eigenvalue weighted by Gasteiger charge is 2.44. The molecule has 6 heteroatoms. The van der Waals surface area contributed by atoms with E-state index in [2.05, 4.69) is 5.32 Å². The Bertz CT molecular complexity index is 677. The van der Waals surface area contributed by atoms with Crippen LogP contribution in [0.4, 0.5) is 5.69 Å². The SMILES string of the molecule is CC1(C)C(=O)N(CC(=O)NCC2(CO)CCC2)c2ccc(Cl)cc21. The third-order valence-electron chi connectivity index (χ3n) is 5.41. The third-order valence-corrected chi connectivity index (χ3v) is 5.65. The van der Waals surface area contributed by atoms with E-state index in [1.54, 1.807) is 18.2 Å². The normalized spacial score (nSPS) is 20.5. The van der Waals surface area contributed by atoms with Gasteiger partial charge < -0.3 is 15.3 Å². The van der Waals surface area contributed by atoms with Crippen molar-refractivity contribution in [2.24, 2.45) is 5.41 Å². The lowest BCUT2D eigenvalue weighted by molar-refractivity contribution is -0.126. The number of amides is 2. The minimum atomic E-state index is -0.694. The van der Waals surface area contributed by atoms with Gasteiger partial charge in [0.15, 0.2) is 0 Å². The number of nitrogens with zero attached hydrogens (tertiary/aromatic N) is 1. The van der Waals surface area contributed by atoms with Crippen molar-refractivity contribution in [2.45, 2.75) is 38.5 Å². The molecule has 24 heavy (non-hydrogen) atoms. The molecule has 0 atom stereocenters. The molecule has 3 rings (SSSR count). The summed E-state index contributed by atoms with van der Waals surface area (Å²) in [7, 11) is 0. The molecule has 0 radical (unpaired) electrons. The van der Waals surface area contributed by atoms with Gasteiger partial charge in [-0.1, -0.05) is 18.0 Å². The lowest BCUT2D eigenvalue weighted by atomic mass is 9.69. The van der Waals surface area contributed by atoms with Crippen LogP contribution >= 0.6 is 11.6 Å². The summed E-state index contributed by atoms with van der Waals surface area (Å²) in [4.78, 5) is 26.6. The Kier molecular flexibility index (Phi) is 4.34. The number of rotatable bonds is 5. The van der Waals surface area contributed by atoms with Crippen LogP contribution in [0, 0.1) is 5.41 Å². The van der Waals surface area contributed by atoms with Gasteiger partial charge in [-0.3, -0.25) is 9.59 Å². The first-order valence-electron chi connectivity index (χ1n) is 8.29. The molecule has 1 aliphatic heterocycles. The number of nitrogens with one attached hydrogen (secondary N) is 1. The Morgan fingerprint density at radius 2 is 2.08 bits per heavy atom. The standard InChI is InChI=1S/C18H23ClN2O3/c1-17(2)13-8-12(19)4-5-14(13)21(16(17)24)9-15(23)20-10-18(11-22)6-3-7-18/h4-5,8,22H,3,6-7,9-11H2,1-2H3,(H,20,23). The largest absolute Gasteiger partial charge is 0.396 e. The Labute approximate surface area is 147 Å². The molecule has 1 saturated carbocycles. The molecule has 1 aromatic carbocycles. The summed E-state index contributed by atoms with van der Waals surface area (Å²) in [5.74, 6) is -0.308.